The first-order chi connectivity index (χ1) is 14.8. The number of benzene rings is 1. The van der Waals surface area contributed by atoms with Gasteiger partial charge in [-0.15, -0.1) is 0 Å². The van der Waals surface area contributed by atoms with Crippen LogP contribution in [0.1, 0.15) is 57.9 Å². The molecule has 0 saturated carbocycles. The molecule has 0 aliphatic carbocycles. The Hall–Kier alpha value is -2.41. The highest BCUT2D eigenvalue weighted by atomic mass is 16.2. The summed E-state index contributed by atoms with van der Waals surface area (Å²) in [5.41, 5.74) is 2.71. The van der Waals surface area contributed by atoms with Gasteiger partial charge in [0, 0.05) is 30.8 Å². The van der Waals surface area contributed by atoms with Crippen LogP contribution >= 0.6 is 0 Å². The topological polar surface area (TPSA) is 81.8 Å². The Morgan fingerprint density at radius 2 is 1.65 bits per heavy atom. The van der Waals surface area contributed by atoms with Crippen molar-refractivity contribution in [3.63, 3.8) is 0 Å². The number of anilines is 2. The van der Waals surface area contributed by atoms with Crippen LogP contribution < -0.4 is 20.4 Å². The van der Waals surface area contributed by atoms with Crippen LogP contribution in [0.2, 0.25) is 0 Å². The van der Waals surface area contributed by atoms with Crippen LogP contribution in [-0.4, -0.2) is 49.9 Å². The Morgan fingerprint density at radius 1 is 0.968 bits per heavy atom. The quantitative estimate of drug-likeness (QED) is 0.711. The number of piperidine rings is 3. The molecule has 0 bridgehead atoms. The van der Waals surface area contributed by atoms with Gasteiger partial charge in [0.05, 0.1) is 11.1 Å². The third-order valence-corrected chi connectivity index (χ3v) is 8.01. The normalized spacial score (nSPS) is 27.4. The summed E-state index contributed by atoms with van der Waals surface area (Å²) in [7, 11) is 0. The summed E-state index contributed by atoms with van der Waals surface area (Å²) >= 11 is 0. The Labute approximate surface area is 183 Å². The Balaban J connectivity index is 1.46. The minimum atomic E-state index is -0.711. The lowest BCUT2D eigenvalue weighted by Crippen LogP contribution is -2.55. The molecule has 1 atom stereocenters. The average Bonchev–Trinajstić information content (AvgIpc) is 2.96. The number of carbonyl (C=O) groups is 3. The van der Waals surface area contributed by atoms with Crippen molar-refractivity contribution >= 4 is 29.1 Å². The molecular weight excluding hydrogens is 392 g/mol. The SMILES string of the molecule is CC1(C)C(=O)N(C2CCC(=O)NC2=O)c2cccc(N3CCC4(CCNCC4)CC3)c21. The summed E-state index contributed by atoms with van der Waals surface area (Å²) in [5, 5.41) is 5.89. The van der Waals surface area contributed by atoms with E-state index in [1.807, 2.05) is 26.0 Å². The minimum Gasteiger partial charge on any atom is -0.371 e. The molecule has 7 heteroatoms. The van der Waals surface area contributed by atoms with E-state index in [1.54, 1.807) is 4.90 Å². The number of hydrogen-bond acceptors (Lipinski definition) is 5. The number of hydrogen-bond donors (Lipinski definition) is 2. The number of fused-ring (bicyclic) bond motifs is 1. The fraction of sp³-hybridized carbons (Fsp3) is 0.625. The van der Waals surface area contributed by atoms with Crippen LogP contribution in [0.15, 0.2) is 18.2 Å². The van der Waals surface area contributed by atoms with Crippen molar-refractivity contribution in [2.75, 3.05) is 36.0 Å². The number of rotatable bonds is 2. The fourth-order valence-corrected chi connectivity index (χ4v) is 6.07. The number of carbonyl (C=O) groups excluding carboxylic acids is 3. The van der Waals surface area contributed by atoms with Gasteiger partial charge in [-0.25, -0.2) is 0 Å². The summed E-state index contributed by atoms with van der Waals surface area (Å²) < 4.78 is 0. The molecule has 4 aliphatic heterocycles. The minimum absolute atomic E-state index is 0.0590. The highest BCUT2D eigenvalue weighted by molar-refractivity contribution is 6.14. The molecule has 1 spiro atoms. The highest BCUT2D eigenvalue weighted by Crippen LogP contribution is 2.49. The molecule has 1 unspecified atom stereocenters. The summed E-state index contributed by atoms with van der Waals surface area (Å²) in [4.78, 5) is 41.8. The second-order valence-electron chi connectivity index (χ2n) is 10.2. The summed E-state index contributed by atoms with van der Waals surface area (Å²) in [6.45, 7) is 8.15. The number of nitrogens with one attached hydrogen (secondary N) is 2. The van der Waals surface area contributed by atoms with Gasteiger partial charge in [0.2, 0.25) is 17.7 Å². The van der Waals surface area contributed by atoms with E-state index in [0.717, 1.165) is 43.1 Å². The van der Waals surface area contributed by atoms with E-state index >= 15 is 0 Å². The third-order valence-electron chi connectivity index (χ3n) is 8.01. The standard InChI is InChI=1S/C24H32N4O3/c1-23(2)20-16(27-14-10-24(11-15-27)8-12-25-13-9-24)4-3-5-17(20)28(22(23)31)18-6-7-19(29)26-21(18)30/h3-5,18,25H,6-15H2,1-2H3,(H,26,29,30). The number of nitrogens with zero attached hydrogens (tertiary/aromatic N) is 2. The van der Waals surface area contributed by atoms with Gasteiger partial charge < -0.3 is 10.2 Å². The van der Waals surface area contributed by atoms with Crippen LogP contribution in [0.25, 0.3) is 0 Å². The van der Waals surface area contributed by atoms with Gasteiger partial charge in [-0.2, -0.15) is 0 Å². The first-order valence-electron chi connectivity index (χ1n) is 11.6. The van der Waals surface area contributed by atoms with E-state index < -0.39 is 11.5 Å². The zero-order chi connectivity index (χ0) is 21.8. The number of amides is 3. The van der Waals surface area contributed by atoms with Crippen molar-refractivity contribution in [1.82, 2.24) is 10.6 Å². The molecule has 5 rings (SSSR count). The zero-order valence-corrected chi connectivity index (χ0v) is 18.5. The molecule has 1 aromatic carbocycles. The maximum atomic E-state index is 13.5. The van der Waals surface area contributed by atoms with Crippen LogP contribution in [0, 0.1) is 5.41 Å². The van der Waals surface area contributed by atoms with Gasteiger partial charge in [-0.05, 0) is 76.6 Å². The molecule has 4 aliphatic rings. The van der Waals surface area contributed by atoms with Gasteiger partial charge in [0.15, 0.2) is 0 Å². The molecule has 3 amide bonds. The van der Waals surface area contributed by atoms with Crippen molar-refractivity contribution in [2.45, 2.75) is 63.8 Å². The second kappa shape index (κ2) is 7.33. The fourth-order valence-electron chi connectivity index (χ4n) is 6.07. The third kappa shape index (κ3) is 3.25. The Bertz CT molecular complexity index is 925. The molecule has 3 saturated heterocycles. The Morgan fingerprint density at radius 3 is 2.32 bits per heavy atom. The molecule has 166 valence electrons. The summed E-state index contributed by atoms with van der Waals surface area (Å²) in [6, 6.07) is 5.45. The van der Waals surface area contributed by atoms with Crippen LogP contribution in [0.4, 0.5) is 11.4 Å². The maximum absolute atomic E-state index is 13.5. The zero-order valence-electron chi connectivity index (χ0n) is 18.5. The van der Waals surface area contributed by atoms with E-state index in [1.165, 1.54) is 25.7 Å². The lowest BCUT2D eigenvalue weighted by atomic mass is 9.71. The van der Waals surface area contributed by atoms with Gasteiger partial charge in [-0.1, -0.05) is 6.07 Å². The summed E-state index contributed by atoms with van der Waals surface area (Å²) in [6.07, 6.45) is 5.50. The number of imide groups is 1. The van der Waals surface area contributed by atoms with E-state index in [2.05, 4.69) is 21.6 Å². The lowest BCUT2D eigenvalue weighted by Gasteiger charge is -2.45. The van der Waals surface area contributed by atoms with Crippen molar-refractivity contribution in [1.29, 1.82) is 0 Å². The van der Waals surface area contributed by atoms with Gasteiger partial charge in [-0.3, -0.25) is 24.6 Å². The van der Waals surface area contributed by atoms with E-state index in [0.29, 0.717) is 11.8 Å². The molecule has 0 radical (unpaired) electrons. The summed E-state index contributed by atoms with van der Waals surface area (Å²) in [5.74, 6) is -0.693. The van der Waals surface area contributed by atoms with E-state index in [4.69, 9.17) is 0 Å². The van der Waals surface area contributed by atoms with Crippen molar-refractivity contribution in [2.24, 2.45) is 5.41 Å². The van der Waals surface area contributed by atoms with E-state index in [9.17, 15) is 14.4 Å². The Kier molecular flexibility index (Phi) is 4.84. The molecular formula is C24H32N4O3. The molecule has 0 aromatic heterocycles. The van der Waals surface area contributed by atoms with Crippen LogP contribution in [0.3, 0.4) is 0 Å². The van der Waals surface area contributed by atoms with Crippen molar-refractivity contribution in [3.8, 4) is 0 Å². The first kappa shape index (κ1) is 20.5. The lowest BCUT2D eigenvalue weighted by molar-refractivity contribution is -0.136. The molecule has 4 heterocycles. The first-order valence-corrected chi connectivity index (χ1v) is 11.6. The average molecular weight is 425 g/mol. The smallest absolute Gasteiger partial charge is 0.249 e. The second-order valence-corrected chi connectivity index (χ2v) is 10.2. The predicted molar refractivity (Wildman–Crippen MR) is 119 cm³/mol. The molecule has 3 fully saturated rings. The monoisotopic (exact) mass is 424 g/mol. The van der Waals surface area contributed by atoms with Crippen LogP contribution in [0.5, 0.6) is 0 Å². The largest absolute Gasteiger partial charge is 0.371 e. The van der Waals surface area contributed by atoms with Crippen molar-refractivity contribution < 1.29 is 14.4 Å². The van der Waals surface area contributed by atoms with Gasteiger partial charge in [0.25, 0.3) is 0 Å². The maximum Gasteiger partial charge on any atom is 0.249 e. The predicted octanol–water partition coefficient (Wildman–Crippen LogP) is 2.09. The molecule has 7 nitrogen and oxygen atoms in total. The van der Waals surface area contributed by atoms with Crippen molar-refractivity contribution in [3.05, 3.63) is 23.8 Å². The van der Waals surface area contributed by atoms with Gasteiger partial charge >= 0.3 is 0 Å². The van der Waals surface area contributed by atoms with Gasteiger partial charge in [0.1, 0.15) is 6.04 Å². The highest BCUT2D eigenvalue weighted by Gasteiger charge is 2.51. The molecule has 2 N–H and O–H groups in total. The molecule has 1 aromatic rings. The van der Waals surface area contributed by atoms with E-state index in [-0.39, 0.29) is 24.1 Å². The van der Waals surface area contributed by atoms with Crippen LogP contribution in [-0.2, 0) is 19.8 Å². The molecule has 31 heavy (non-hydrogen) atoms.